The van der Waals surface area contributed by atoms with Crippen LogP contribution in [0.25, 0.3) is 0 Å². The lowest BCUT2D eigenvalue weighted by Gasteiger charge is -2.43. The molecular weight excluding hydrogens is 669 g/mol. The van der Waals surface area contributed by atoms with Gasteiger partial charge in [0.05, 0.1) is 22.5 Å². The van der Waals surface area contributed by atoms with E-state index in [2.05, 4.69) is 10.3 Å². The smallest absolute Gasteiger partial charge is 0.305 e. The highest BCUT2D eigenvalue weighted by atomic mass is 35.5. The predicted octanol–water partition coefficient (Wildman–Crippen LogP) is 6.14. The number of thioether (sulfide) groups is 1. The van der Waals surface area contributed by atoms with Gasteiger partial charge in [0, 0.05) is 37.3 Å². The van der Waals surface area contributed by atoms with E-state index in [1.165, 1.54) is 17.0 Å². The second-order valence-corrected chi connectivity index (χ2v) is 15.1. The maximum atomic E-state index is 14.0. The Morgan fingerprint density at radius 3 is 2.39 bits per heavy atom. The van der Waals surface area contributed by atoms with Gasteiger partial charge in [0.2, 0.25) is 11.8 Å². The van der Waals surface area contributed by atoms with E-state index < -0.39 is 17.7 Å². The van der Waals surface area contributed by atoms with Gasteiger partial charge in [0.15, 0.2) is 6.61 Å². The van der Waals surface area contributed by atoms with Crippen LogP contribution in [0, 0.1) is 29.6 Å². The Morgan fingerprint density at radius 2 is 1.65 bits per heavy atom. The number of anilines is 2. The number of nitrogens with zero attached hydrogens (tertiary/aromatic N) is 1. The Kier molecular flexibility index (Phi) is 7.20. The van der Waals surface area contributed by atoms with E-state index in [1.807, 2.05) is 6.07 Å². The molecule has 9 nitrogen and oxygen atoms in total. The number of H-pyrrole nitrogens is 1. The number of imide groups is 1. The molecule has 7 atom stereocenters. The normalized spacial score (nSPS) is 27.3. The summed E-state index contributed by atoms with van der Waals surface area (Å²) >= 11 is 15.4. The van der Waals surface area contributed by atoms with E-state index in [1.54, 1.807) is 60.3 Å². The van der Waals surface area contributed by atoms with E-state index in [0.29, 0.717) is 27.2 Å². The first-order valence-electron chi connectivity index (χ1n) is 14.7. The van der Waals surface area contributed by atoms with Gasteiger partial charge >= 0.3 is 4.87 Å². The molecule has 2 bridgehead atoms. The number of fused-ring (bicyclic) bond motifs is 9. The summed E-state index contributed by atoms with van der Waals surface area (Å²) in [6.07, 6.45) is 0.727. The maximum absolute atomic E-state index is 14.0. The monoisotopic (exact) mass is 693 g/mol. The van der Waals surface area contributed by atoms with Gasteiger partial charge in [0.25, 0.3) is 5.91 Å². The summed E-state index contributed by atoms with van der Waals surface area (Å²) in [4.78, 5) is 58.4. The highest BCUT2D eigenvalue weighted by molar-refractivity contribution is 8.00. The first-order chi connectivity index (χ1) is 22.2. The SMILES string of the molecule is O=C(COc1ccc(Cl)cc1[C@H]1c2sc(=O)[nH]c2SC2C3CC(C4C(=O)N(c5ccc(Cl)cc5)C(=O)C34)C21)Nc1ccc(O)cc1. The van der Waals surface area contributed by atoms with E-state index in [-0.39, 0.29) is 58.0 Å². The molecule has 2 aliphatic carbocycles. The zero-order chi connectivity index (χ0) is 31.9. The second kappa shape index (κ2) is 11.2. The lowest BCUT2D eigenvalue weighted by Crippen LogP contribution is -2.42. The van der Waals surface area contributed by atoms with Crippen molar-refractivity contribution < 1.29 is 24.2 Å². The van der Waals surface area contributed by atoms with Crippen molar-refractivity contribution >= 4 is 75.4 Å². The van der Waals surface area contributed by atoms with Crippen molar-refractivity contribution in [3.63, 3.8) is 0 Å². The third-order valence-corrected chi connectivity index (χ3v) is 12.7. The number of phenolic OH excluding ortho intramolecular Hbond substituents is 1. The highest BCUT2D eigenvalue weighted by Crippen LogP contribution is 2.69. The van der Waals surface area contributed by atoms with Crippen LogP contribution in [0.3, 0.4) is 0 Å². The molecule has 4 aliphatic rings. The number of carbonyl (C=O) groups excluding carboxylic acids is 3. The third-order valence-electron chi connectivity index (χ3n) is 9.63. The first kappa shape index (κ1) is 29.6. The van der Waals surface area contributed by atoms with Crippen LogP contribution in [-0.2, 0) is 14.4 Å². The molecule has 4 aromatic rings. The standard InChI is InChI=1S/C33H25Cl2N3O6S2/c34-14-1-6-17(7-2-14)38-31(41)26-20-12-21(27(26)32(38)42)28-25(20)24(29-30(45-28)37-33(43)46-29)19-11-15(35)3-10-22(19)44-13-23(40)36-16-4-8-18(39)9-5-16/h1-11,20-21,24-28,39H,12-13H2,(H,36,40)(H,37,43)/t20?,21?,24-,25?,26?,27?,28?/m1/s1. The van der Waals surface area contributed by atoms with Crippen LogP contribution in [0.2, 0.25) is 10.0 Å². The number of aromatic amines is 1. The minimum Gasteiger partial charge on any atom is -0.508 e. The molecular formula is C33H25Cl2N3O6S2. The number of hydrogen-bond donors (Lipinski definition) is 3. The molecule has 3 aromatic carbocycles. The number of ether oxygens (including phenoxy) is 1. The molecule has 0 radical (unpaired) electrons. The van der Waals surface area contributed by atoms with E-state index >= 15 is 0 Å². The van der Waals surface area contributed by atoms with E-state index in [4.69, 9.17) is 27.9 Å². The van der Waals surface area contributed by atoms with Gasteiger partial charge in [0.1, 0.15) is 11.5 Å². The lowest BCUT2D eigenvalue weighted by atomic mass is 9.68. The molecule has 2 aliphatic heterocycles. The third kappa shape index (κ3) is 4.74. The number of nitrogens with one attached hydrogen (secondary N) is 2. The summed E-state index contributed by atoms with van der Waals surface area (Å²) in [5.74, 6) is -1.75. The van der Waals surface area contributed by atoms with Gasteiger partial charge in [-0.3, -0.25) is 24.1 Å². The van der Waals surface area contributed by atoms with Gasteiger partial charge < -0.3 is 20.1 Å². The van der Waals surface area contributed by atoms with Crippen LogP contribution >= 0.6 is 46.3 Å². The van der Waals surface area contributed by atoms with Gasteiger partial charge in [-0.15, -0.1) is 11.8 Å². The molecule has 6 unspecified atom stereocenters. The summed E-state index contributed by atoms with van der Waals surface area (Å²) in [5, 5.41) is 14.0. The maximum Gasteiger partial charge on any atom is 0.305 e. The van der Waals surface area contributed by atoms with Gasteiger partial charge in [-0.2, -0.15) is 0 Å². The summed E-state index contributed by atoms with van der Waals surface area (Å²) in [6.45, 7) is -0.291. The number of hydrogen-bond acceptors (Lipinski definition) is 8. The van der Waals surface area contributed by atoms with Crippen LogP contribution in [0.1, 0.15) is 22.8 Å². The summed E-state index contributed by atoms with van der Waals surface area (Å²) < 4.78 is 6.11. The van der Waals surface area contributed by atoms with Gasteiger partial charge in [-0.1, -0.05) is 34.5 Å². The fourth-order valence-corrected chi connectivity index (χ4v) is 11.2. The van der Waals surface area contributed by atoms with Crippen molar-refractivity contribution in [3.8, 4) is 11.5 Å². The average molecular weight is 695 g/mol. The molecule has 3 heterocycles. The van der Waals surface area contributed by atoms with E-state index in [9.17, 15) is 24.3 Å². The molecule has 0 spiro atoms. The van der Waals surface area contributed by atoms with Crippen molar-refractivity contribution in [3.05, 3.63) is 96.9 Å². The van der Waals surface area contributed by atoms with Crippen molar-refractivity contribution in [2.45, 2.75) is 22.6 Å². The summed E-state index contributed by atoms with van der Waals surface area (Å²) in [5.41, 5.74) is 1.75. The number of thiazole rings is 1. The summed E-state index contributed by atoms with van der Waals surface area (Å²) in [7, 11) is 0. The average Bonchev–Trinajstić information content (AvgIpc) is 3.77. The topological polar surface area (TPSA) is 129 Å². The minimum absolute atomic E-state index is 0.0273. The molecule has 13 heteroatoms. The molecule has 3 N–H and O–H groups in total. The molecule has 234 valence electrons. The number of benzene rings is 3. The van der Waals surface area contributed by atoms with Crippen molar-refractivity contribution in [1.82, 2.24) is 4.98 Å². The van der Waals surface area contributed by atoms with Crippen LogP contribution in [0.5, 0.6) is 11.5 Å². The molecule has 46 heavy (non-hydrogen) atoms. The molecule has 3 fully saturated rings. The Bertz CT molecular complexity index is 1960. The van der Waals surface area contributed by atoms with Crippen molar-refractivity contribution in [1.29, 1.82) is 0 Å². The van der Waals surface area contributed by atoms with Crippen LogP contribution in [0.4, 0.5) is 11.4 Å². The van der Waals surface area contributed by atoms with Gasteiger partial charge in [-0.25, -0.2) is 0 Å². The molecule has 3 amide bonds. The second-order valence-electron chi connectivity index (χ2n) is 12.0. The highest BCUT2D eigenvalue weighted by Gasteiger charge is 2.69. The number of rotatable bonds is 6. The van der Waals surface area contributed by atoms with Crippen LogP contribution in [-0.4, -0.2) is 39.7 Å². The lowest BCUT2D eigenvalue weighted by molar-refractivity contribution is -0.123. The molecule has 1 aromatic heterocycles. The number of amides is 3. The summed E-state index contributed by atoms with van der Waals surface area (Å²) in [6, 6.07) is 18.1. The Balaban J connectivity index is 1.14. The van der Waals surface area contributed by atoms with Gasteiger partial charge in [-0.05, 0) is 90.9 Å². The Morgan fingerprint density at radius 1 is 0.957 bits per heavy atom. The molecule has 2 saturated carbocycles. The van der Waals surface area contributed by atoms with E-state index in [0.717, 1.165) is 33.2 Å². The Labute approximate surface area is 280 Å². The quantitative estimate of drug-likeness (QED) is 0.163. The predicted molar refractivity (Wildman–Crippen MR) is 176 cm³/mol. The number of aromatic nitrogens is 1. The zero-order valence-corrected chi connectivity index (χ0v) is 27.0. The zero-order valence-electron chi connectivity index (χ0n) is 23.8. The van der Waals surface area contributed by atoms with Crippen molar-refractivity contribution in [2.75, 3.05) is 16.8 Å². The number of halogens is 2. The number of phenols is 1. The number of carbonyl (C=O) groups is 3. The fraction of sp³-hybridized carbons (Fsp3) is 0.273. The van der Waals surface area contributed by atoms with Crippen molar-refractivity contribution in [2.24, 2.45) is 29.6 Å². The number of aromatic hydroxyl groups is 1. The Hall–Kier alpha value is -3.77. The molecule has 8 rings (SSSR count). The molecule has 1 saturated heterocycles. The fourth-order valence-electron chi connectivity index (χ4n) is 7.99. The van der Waals surface area contributed by atoms with Crippen LogP contribution in [0.15, 0.2) is 76.6 Å². The minimum atomic E-state index is -0.477. The first-order valence-corrected chi connectivity index (χ1v) is 17.2. The van der Waals surface area contributed by atoms with Crippen LogP contribution < -0.4 is 19.8 Å². The largest absolute Gasteiger partial charge is 0.508 e.